The summed E-state index contributed by atoms with van der Waals surface area (Å²) in [4.78, 5) is 1.07. The third-order valence-corrected chi connectivity index (χ3v) is 6.45. The van der Waals surface area contributed by atoms with Crippen molar-refractivity contribution >= 4 is 21.4 Å². The van der Waals surface area contributed by atoms with E-state index >= 15 is 0 Å². The molecule has 0 aliphatic carbocycles. The van der Waals surface area contributed by atoms with Crippen molar-refractivity contribution in [3.63, 3.8) is 0 Å². The zero-order valence-electron chi connectivity index (χ0n) is 12.1. The number of sulfonamides is 1. The summed E-state index contributed by atoms with van der Waals surface area (Å²) >= 11 is 1.34. The summed E-state index contributed by atoms with van der Waals surface area (Å²) in [5.41, 5.74) is 1.03. The first-order valence-electron chi connectivity index (χ1n) is 6.68. The number of hydrogen-bond acceptors (Lipinski definition) is 4. The minimum Gasteiger partial charge on any atom is -0.315 e. The van der Waals surface area contributed by atoms with E-state index in [0.717, 1.165) is 23.3 Å². The molecule has 1 aromatic rings. The highest BCUT2D eigenvalue weighted by Crippen LogP contribution is 2.25. The molecular formula is C13H24N2O2S2. The summed E-state index contributed by atoms with van der Waals surface area (Å²) in [6.07, 6.45) is 1.99. The maximum Gasteiger partial charge on any atom is 0.250 e. The van der Waals surface area contributed by atoms with Crippen LogP contribution in [0.25, 0.3) is 0 Å². The number of nitrogens with one attached hydrogen (secondary N) is 2. The molecule has 6 heteroatoms. The van der Waals surface area contributed by atoms with Gasteiger partial charge in [-0.1, -0.05) is 26.7 Å². The van der Waals surface area contributed by atoms with Gasteiger partial charge in [-0.25, -0.2) is 13.1 Å². The lowest BCUT2D eigenvalue weighted by molar-refractivity contribution is 0.479. The second-order valence-corrected chi connectivity index (χ2v) is 7.87. The monoisotopic (exact) mass is 304 g/mol. The Morgan fingerprint density at radius 1 is 1.32 bits per heavy atom. The van der Waals surface area contributed by atoms with E-state index in [2.05, 4.69) is 23.9 Å². The minimum absolute atomic E-state index is 0.410. The summed E-state index contributed by atoms with van der Waals surface area (Å²) in [5, 5.41) is 3.05. The largest absolute Gasteiger partial charge is 0.315 e. The molecule has 0 aromatic carbocycles. The van der Waals surface area contributed by atoms with Crippen LogP contribution in [-0.4, -0.2) is 22.0 Å². The molecule has 0 unspecified atom stereocenters. The predicted molar refractivity (Wildman–Crippen MR) is 81.1 cm³/mol. The Hall–Kier alpha value is -0.430. The Kier molecular flexibility index (Phi) is 6.46. The molecule has 0 fully saturated rings. The number of hydrogen-bond donors (Lipinski definition) is 2. The zero-order valence-corrected chi connectivity index (χ0v) is 13.7. The van der Waals surface area contributed by atoms with Gasteiger partial charge in [0.25, 0.3) is 0 Å². The molecule has 0 amide bonds. The average molecular weight is 304 g/mol. The van der Waals surface area contributed by atoms with Crippen molar-refractivity contribution < 1.29 is 8.42 Å². The van der Waals surface area contributed by atoms with Crippen molar-refractivity contribution in [3.05, 3.63) is 16.5 Å². The highest BCUT2D eigenvalue weighted by Gasteiger charge is 2.19. The highest BCUT2D eigenvalue weighted by atomic mass is 32.2. The van der Waals surface area contributed by atoms with E-state index in [4.69, 9.17) is 0 Å². The van der Waals surface area contributed by atoms with Gasteiger partial charge in [0.2, 0.25) is 10.0 Å². The van der Waals surface area contributed by atoms with Crippen LogP contribution < -0.4 is 10.0 Å². The minimum atomic E-state index is -3.35. The van der Waals surface area contributed by atoms with Crippen molar-refractivity contribution in [2.24, 2.45) is 5.92 Å². The fraction of sp³-hybridized carbons (Fsp3) is 0.692. The molecule has 0 aliphatic heterocycles. The van der Waals surface area contributed by atoms with Gasteiger partial charge in [-0.3, -0.25) is 0 Å². The molecule has 2 N–H and O–H groups in total. The zero-order chi connectivity index (χ0) is 14.5. The number of aryl methyl sites for hydroxylation is 1. The smallest absolute Gasteiger partial charge is 0.250 e. The van der Waals surface area contributed by atoms with Crippen LogP contribution >= 0.6 is 11.3 Å². The molecule has 4 nitrogen and oxygen atoms in total. The van der Waals surface area contributed by atoms with E-state index in [1.807, 2.05) is 14.0 Å². The standard InChI is InChI=1S/C13H24N2O2S2/c1-5-11(6-2)8-15-19(16,17)13-7-10(3)12(18-13)9-14-4/h7,11,14-15H,5-6,8-9H2,1-4H3. The van der Waals surface area contributed by atoms with Gasteiger partial charge in [-0.2, -0.15) is 0 Å². The van der Waals surface area contributed by atoms with E-state index in [0.29, 0.717) is 23.2 Å². The molecule has 1 rings (SSSR count). The normalized spacial score (nSPS) is 12.3. The second kappa shape index (κ2) is 7.38. The first kappa shape index (κ1) is 16.6. The van der Waals surface area contributed by atoms with Gasteiger partial charge in [0, 0.05) is 18.0 Å². The number of rotatable bonds is 8. The summed E-state index contributed by atoms with van der Waals surface area (Å²) in [7, 11) is -1.49. The fourth-order valence-corrected chi connectivity index (χ4v) is 4.59. The lowest BCUT2D eigenvalue weighted by Gasteiger charge is -2.12. The first-order valence-corrected chi connectivity index (χ1v) is 8.98. The molecule has 110 valence electrons. The van der Waals surface area contributed by atoms with Crippen LogP contribution in [0.4, 0.5) is 0 Å². The van der Waals surface area contributed by atoms with E-state index in [1.165, 1.54) is 11.3 Å². The lowest BCUT2D eigenvalue weighted by atomic mass is 10.0. The van der Waals surface area contributed by atoms with Crippen LogP contribution in [0.5, 0.6) is 0 Å². The summed E-state index contributed by atoms with van der Waals surface area (Å²) in [6, 6.07) is 1.76. The van der Waals surface area contributed by atoms with E-state index in [-0.39, 0.29) is 0 Å². The van der Waals surface area contributed by atoms with E-state index in [9.17, 15) is 8.42 Å². The summed E-state index contributed by atoms with van der Waals surface area (Å²) in [5.74, 6) is 0.410. The molecule has 0 saturated carbocycles. The molecule has 1 heterocycles. The maximum atomic E-state index is 12.2. The molecule has 0 saturated heterocycles. The lowest BCUT2D eigenvalue weighted by Crippen LogP contribution is -2.28. The highest BCUT2D eigenvalue weighted by molar-refractivity contribution is 7.91. The van der Waals surface area contributed by atoms with Crippen molar-refractivity contribution in [2.45, 2.75) is 44.4 Å². The Morgan fingerprint density at radius 2 is 1.95 bits per heavy atom. The Labute approximate surface area is 120 Å². The van der Waals surface area contributed by atoms with Gasteiger partial charge >= 0.3 is 0 Å². The van der Waals surface area contributed by atoms with Crippen LogP contribution in [0, 0.1) is 12.8 Å². The third kappa shape index (κ3) is 4.56. The molecule has 0 radical (unpaired) electrons. The van der Waals surface area contributed by atoms with Crippen molar-refractivity contribution in [2.75, 3.05) is 13.6 Å². The van der Waals surface area contributed by atoms with Crippen LogP contribution in [-0.2, 0) is 16.6 Å². The quantitative estimate of drug-likeness (QED) is 0.776. The van der Waals surface area contributed by atoms with Crippen molar-refractivity contribution in [3.8, 4) is 0 Å². The SMILES string of the molecule is CCC(CC)CNS(=O)(=O)c1cc(C)c(CNC)s1. The van der Waals surface area contributed by atoms with Gasteiger partial charge in [-0.15, -0.1) is 11.3 Å². The topological polar surface area (TPSA) is 58.2 Å². The fourth-order valence-electron chi connectivity index (χ4n) is 1.83. The van der Waals surface area contributed by atoms with Gasteiger partial charge in [0.1, 0.15) is 4.21 Å². The van der Waals surface area contributed by atoms with Crippen LogP contribution in [0.2, 0.25) is 0 Å². The Bertz CT molecular complexity index is 491. The predicted octanol–water partition coefficient (Wildman–Crippen LogP) is 2.49. The molecule has 0 aliphatic rings. The van der Waals surface area contributed by atoms with Crippen molar-refractivity contribution in [1.29, 1.82) is 0 Å². The first-order chi connectivity index (χ1) is 8.94. The van der Waals surface area contributed by atoms with Crippen LogP contribution in [0.15, 0.2) is 10.3 Å². The molecule has 0 atom stereocenters. The maximum absolute atomic E-state index is 12.2. The molecule has 19 heavy (non-hydrogen) atoms. The summed E-state index contributed by atoms with van der Waals surface area (Å²) < 4.78 is 27.6. The summed E-state index contributed by atoms with van der Waals surface area (Å²) in [6.45, 7) is 7.35. The molecule has 0 spiro atoms. The van der Waals surface area contributed by atoms with Gasteiger partial charge < -0.3 is 5.32 Å². The van der Waals surface area contributed by atoms with Gasteiger partial charge in [0.05, 0.1) is 0 Å². The van der Waals surface area contributed by atoms with Crippen molar-refractivity contribution in [1.82, 2.24) is 10.0 Å². The average Bonchev–Trinajstić information content (AvgIpc) is 2.74. The Balaban J connectivity index is 2.79. The van der Waals surface area contributed by atoms with E-state index < -0.39 is 10.0 Å². The number of thiophene rings is 1. The van der Waals surface area contributed by atoms with E-state index in [1.54, 1.807) is 6.07 Å². The van der Waals surface area contributed by atoms with Gasteiger partial charge in [0.15, 0.2) is 0 Å². The van der Waals surface area contributed by atoms with Crippen LogP contribution in [0.1, 0.15) is 37.1 Å². The van der Waals surface area contributed by atoms with Crippen LogP contribution in [0.3, 0.4) is 0 Å². The molecule has 1 aromatic heterocycles. The third-order valence-electron chi connectivity index (χ3n) is 3.32. The second-order valence-electron chi connectivity index (χ2n) is 4.74. The molecule has 0 bridgehead atoms. The van der Waals surface area contributed by atoms with Gasteiger partial charge in [-0.05, 0) is 31.5 Å². The Morgan fingerprint density at radius 3 is 2.47 bits per heavy atom. The molecular weight excluding hydrogens is 280 g/mol.